The van der Waals surface area contributed by atoms with Crippen LogP contribution in [0.4, 0.5) is 0 Å². The zero-order chi connectivity index (χ0) is 18.8. The Morgan fingerprint density at radius 1 is 1.26 bits per heavy atom. The van der Waals surface area contributed by atoms with Crippen molar-refractivity contribution in [1.29, 1.82) is 0 Å². The fourth-order valence-corrected chi connectivity index (χ4v) is 2.47. The third-order valence-corrected chi connectivity index (χ3v) is 3.94. The van der Waals surface area contributed by atoms with Crippen LogP contribution in [0.15, 0.2) is 47.7 Å². The molecule has 8 heteroatoms. The van der Waals surface area contributed by atoms with Crippen molar-refractivity contribution in [3.63, 3.8) is 0 Å². The van der Waals surface area contributed by atoms with E-state index in [9.17, 15) is 4.79 Å². The Morgan fingerprint density at radius 2 is 2.00 bits per heavy atom. The number of esters is 1. The summed E-state index contributed by atoms with van der Waals surface area (Å²) in [4.78, 5) is 16.2. The molecule has 2 aromatic rings. The van der Waals surface area contributed by atoms with E-state index >= 15 is 0 Å². The zero-order valence-corrected chi connectivity index (χ0v) is 18.3. The van der Waals surface area contributed by atoms with Gasteiger partial charge in [0, 0.05) is 25.5 Å². The van der Waals surface area contributed by atoms with Crippen LogP contribution in [0.1, 0.15) is 25.0 Å². The number of nitrogens with one attached hydrogen (secondary N) is 2. The van der Waals surface area contributed by atoms with Gasteiger partial charge in [0.1, 0.15) is 0 Å². The molecule has 1 atom stereocenters. The largest absolute Gasteiger partial charge is 0.469 e. The minimum absolute atomic E-state index is 0. The zero-order valence-electron chi connectivity index (χ0n) is 16.0. The van der Waals surface area contributed by atoms with Gasteiger partial charge in [0.2, 0.25) is 0 Å². The van der Waals surface area contributed by atoms with Gasteiger partial charge in [-0.05, 0) is 24.1 Å². The van der Waals surface area contributed by atoms with Crippen molar-refractivity contribution in [2.75, 3.05) is 20.2 Å². The fourth-order valence-electron chi connectivity index (χ4n) is 2.47. The maximum atomic E-state index is 11.5. The molecular weight excluding hydrogens is 457 g/mol. The molecule has 0 spiro atoms. The Balaban J connectivity index is 0.00000364. The second-order valence-electron chi connectivity index (χ2n) is 5.97. The van der Waals surface area contributed by atoms with Crippen LogP contribution in [0, 0.1) is 5.92 Å². The van der Waals surface area contributed by atoms with Gasteiger partial charge in [0.15, 0.2) is 5.96 Å². The monoisotopic (exact) mass is 485 g/mol. The molecule has 0 aliphatic rings. The summed E-state index contributed by atoms with van der Waals surface area (Å²) in [5.41, 5.74) is 2.32. The standard InChI is InChI=1S/C19H27N5O2.HI/c1-4-20-19(21-12-15(2)18(25)26-3)22-13-16-8-5-6-9-17(16)14-24-11-7-10-23-24;/h5-11,15H,4,12-14H2,1-3H3,(H2,20,21,22);1H. The molecule has 148 valence electrons. The number of nitrogens with zero attached hydrogens (tertiary/aromatic N) is 3. The Morgan fingerprint density at radius 3 is 2.63 bits per heavy atom. The van der Waals surface area contributed by atoms with Crippen LogP contribution in [-0.4, -0.2) is 41.9 Å². The van der Waals surface area contributed by atoms with Gasteiger partial charge in [0.25, 0.3) is 0 Å². The lowest BCUT2D eigenvalue weighted by atomic mass is 10.1. The lowest BCUT2D eigenvalue weighted by molar-refractivity contribution is -0.144. The van der Waals surface area contributed by atoms with Crippen molar-refractivity contribution < 1.29 is 9.53 Å². The van der Waals surface area contributed by atoms with Gasteiger partial charge in [-0.3, -0.25) is 9.48 Å². The van der Waals surface area contributed by atoms with E-state index in [1.807, 2.05) is 42.9 Å². The summed E-state index contributed by atoms with van der Waals surface area (Å²) < 4.78 is 6.64. The number of carbonyl (C=O) groups is 1. The molecular formula is C19H28IN5O2. The van der Waals surface area contributed by atoms with E-state index in [-0.39, 0.29) is 35.9 Å². The van der Waals surface area contributed by atoms with E-state index in [4.69, 9.17) is 4.74 Å². The first-order valence-electron chi connectivity index (χ1n) is 8.78. The van der Waals surface area contributed by atoms with Gasteiger partial charge >= 0.3 is 5.97 Å². The SMILES string of the molecule is CCNC(=NCc1ccccc1Cn1cccn1)NCC(C)C(=O)OC.I. The third kappa shape index (κ3) is 7.58. The van der Waals surface area contributed by atoms with Crippen LogP contribution in [0.25, 0.3) is 0 Å². The van der Waals surface area contributed by atoms with E-state index < -0.39 is 0 Å². The molecule has 0 amide bonds. The Kier molecular flexibility index (Phi) is 10.5. The summed E-state index contributed by atoms with van der Waals surface area (Å²) in [6.07, 6.45) is 3.72. The highest BCUT2D eigenvalue weighted by Crippen LogP contribution is 2.11. The first kappa shape index (κ1) is 22.9. The first-order valence-corrected chi connectivity index (χ1v) is 8.78. The molecule has 0 saturated heterocycles. The van der Waals surface area contributed by atoms with Crippen molar-refractivity contribution in [3.05, 3.63) is 53.9 Å². The summed E-state index contributed by atoms with van der Waals surface area (Å²) in [6.45, 7) is 6.29. The molecule has 0 fully saturated rings. The maximum absolute atomic E-state index is 11.5. The van der Waals surface area contributed by atoms with Crippen LogP contribution < -0.4 is 10.6 Å². The minimum atomic E-state index is -0.240. The Labute approximate surface area is 177 Å². The van der Waals surface area contributed by atoms with Gasteiger partial charge in [0.05, 0.1) is 26.1 Å². The summed E-state index contributed by atoms with van der Waals surface area (Å²) in [5.74, 6) is 0.200. The van der Waals surface area contributed by atoms with E-state index in [1.54, 1.807) is 6.20 Å². The van der Waals surface area contributed by atoms with Gasteiger partial charge in [-0.2, -0.15) is 5.10 Å². The van der Waals surface area contributed by atoms with Crippen LogP contribution in [0.3, 0.4) is 0 Å². The number of methoxy groups -OCH3 is 1. The van der Waals surface area contributed by atoms with Crippen molar-refractivity contribution >= 4 is 35.9 Å². The predicted octanol–water partition coefficient (Wildman–Crippen LogP) is 2.41. The van der Waals surface area contributed by atoms with Crippen molar-refractivity contribution in [2.24, 2.45) is 10.9 Å². The molecule has 0 bridgehead atoms. The highest BCUT2D eigenvalue weighted by molar-refractivity contribution is 14.0. The molecule has 1 heterocycles. The quantitative estimate of drug-likeness (QED) is 0.260. The number of carbonyl (C=O) groups excluding carboxylic acids is 1. The average Bonchev–Trinajstić information content (AvgIpc) is 3.17. The van der Waals surface area contributed by atoms with E-state index in [0.717, 1.165) is 12.1 Å². The second kappa shape index (κ2) is 12.3. The normalized spacial score (nSPS) is 12.0. The number of halogens is 1. The molecule has 2 rings (SSSR count). The smallest absolute Gasteiger partial charge is 0.310 e. The molecule has 0 aliphatic carbocycles. The topological polar surface area (TPSA) is 80.5 Å². The molecule has 27 heavy (non-hydrogen) atoms. The molecule has 7 nitrogen and oxygen atoms in total. The lowest BCUT2D eigenvalue weighted by Gasteiger charge is -2.15. The number of guanidine groups is 1. The summed E-state index contributed by atoms with van der Waals surface area (Å²) in [7, 11) is 1.40. The molecule has 0 aliphatic heterocycles. The number of aromatic nitrogens is 2. The number of ether oxygens (including phenoxy) is 1. The van der Waals surface area contributed by atoms with Crippen molar-refractivity contribution in [1.82, 2.24) is 20.4 Å². The molecule has 0 saturated carbocycles. The minimum Gasteiger partial charge on any atom is -0.469 e. The fraction of sp³-hybridized carbons (Fsp3) is 0.421. The van der Waals surface area contributed by atoms with Crippen LogP contribution in [-0.2, 0) is 22.6 Å². The number of benzene rings is 1. The predicted molar refractivity (Wildman–Crippen MR) is 117 cm³/mol. The van der Waals surface area contributed by atoms with Crippen LogP contribution in [0.2, 0.25) is 0 Å². The van der Waals surface area contributed by atoms with Gasteiger partial charge in [-0.15, -0.1) is 24.0 Å². The highest BCUT2D eigenvalue weighted by atomic mass is 127. The molecule has 1 aromatic carbocycles. The molecule has 0 radical (unpaired) electrons. The van der Waals surface area contributed by atoms with Crippen LogP contribution >= 0.6 is 24.0 Å². The van der Waals surface area contributed by atoms with E-state index in [0.29, 0.717) is 25.6 Å². The van der Waals surface area contributed by atoms with Gasteiger partial charge in [-0.1, -0.05) is 31.2 Å². The molecule has 1 aromatic heterocycles. The lowest BCUT2D eigenvalue weighted by Crippen LogP contribution is -2.40. The second-order valence-corrected chi connectivity index (χ2v) is 5.97. The number of hydrogen-bond donors (Lipinski definition) is 2. The van der Waals surface area contributed by atoms with Crippen molar-refractivity contribution in [3.8, 4) is 0 Å². The summed E-state index contributed by atoms with van der Waals surface area (Å²) in [5, 5.41) is 10.7. The summed E-state index contributed by atoms with van der Waals surface area (Å²) in [6, 6.07) is 10.1. The number of hydrogen-bond acceptors (Lipinski definition) is 4. The van der Waals surface area contributed by atoms with Gasteiger partial charge < -0.3 is 15.4 Å². The molecule has 2 N–H and O–H groups in total. The van der Waals surface area contributed by atoms with Crippen LogP contribution in [0.5, 0.6) is 0 Å². The number of rotatable bonds is 8. The number of aliphatic imine (C=N–C) groups is 1. The maximum Gasteiger partial charge on any atom is 0.310 e. The first-order chi connectivity index (χ1) is 12.6. The highest BCUT2D eigenvalue weighted by Gasteiger charge is 2.13. The third-order valence-electron chi connectivity index (χ3n) is 3.94. The Hall–Kier alpha value is -2.10. The Bertz CT molecular complexity index is 719. The summed E-state index contributed by atoms with van der Waals surface area (Å²) >= 11 is 0. The van der Waals surface area contributed by atoms with Crippen molar-refractivity contribution in [2.45, 2.75) is 26.9 Å². The van der Waals surface area contributed by atoms with Gasteiger partial charge in [-0.25, -0.2) is 4.99 Å². The van der Waals surface area contributed by atoms with E-state index in [1.165, 1.54) is 12.7 Å². The molecule has 1 unspecified atom stereocenters. The average molecular weight is 485 g/mol. The van der Waals surface area contributed by atoms with E-state index in [2.05, 4.69) is 32.9 Å².